The number of para-hydroxylation sites is 1. The van der Waals surface area contributed by atoms with Gasteiger partial charge in [-0.25, -0.2) is 4.98 Å². The highest BCUT2D eigenvalue weighted by atomic mass is 16.2. The summed E-state index contributed by atoms with van der Waals surface area (Å²) in [5, 5.41) is 0.571. The first-order valence-corrected chi connectivity index (χ1v) is 8.21. The molecule has 1 heterocycles. The molecular formula is C18H23N3O2. The molecule has 1 amide bonds. The van der Waals surface area contributed by atoms with Crippen LogP contribution in [0.1, 0.15) is 32.3 Å². The third-order valence-electron chi connectivity index (χ3n) is 4.23. The number of fused-ring (bicyclic) bond motifs is 1. The molecule has 1 fully saturated rings. The van der Waals surface area contributed by atoms with Gasteiger partial charge in [0.1, 0.15) is 6.54 Å². The van der Waals surface area contributed by atoms with Crippen LogP contribution in [0.3, 0.4) is 0 Å². The Kier molecular flexibility index (Phi) is 4.20. The van der Waals surface area contributed by atoms with Crippen LogP contribution in [0.4, 0.5) is 0 Å². The minimum absolute atomic E-state index is 0.0112. The zero-order valence-corrected chi connectivity index (χ0v) is 14.0. The summed E-state index contributed by atoms with van der Waals surface area (Å²) in [5.74, 6) is 0.436. The molecule has 1 saturated carbocycles. The normalized spacial score (nSPS) is 14.4. The summed E-state index contributed by atoms with van der Waals surface area (Å²) in [5.41, 5.74) is 1.53. The number of carbonyl (C=O) groups is 1. The second kappa shape index (κ2) is 6.14. The lowest BCUT2D eigenvalue weighted by Crippen LogP contribution is -2.40. The number of hydrogen-bond donors (Lipinski definition) is 0. The van der Waals surface area contributed by atoms with E-state index in [0.29, 0.717) is 22.9 Å². The van der Waals surface area contributed by atoms with E-state index in [2.05, 4.69) is 18.8 Å². The molecule has 5 nitrogen and oxygen atoms in total. The Morgan fingerprint density at radius 1 is 1.39 bits per heavy atom. The van der Waals surface area contributed by atoms with E-state index < -0.39 is 0 Å². The van der Waals surface area contributed by atoms with E-state index in [9.17, 15) is 9.59 Å². The first-order chi connectivity index (χ1) is 11.0. The Morgan fingerprint density at radius 2 is 2.13 bits per heavy atom. The van der Waals surface area contributed by atoms with E-state index in [1.807, 2.05) is 24.0 Å². The summed E-state index contributed by atoms with van der Waals surface area (Å²) in [6, 6.07) is 5.91. The van der Waals surface area contributed by atoms with E-state index >= 15 is 0 Å². The summed E-state index contributed by atoms with van der Waals surface area (Å²) in [7, 11) is 0. The minimum Gasteiger partial charge on any atom is -0.338 e. The van der Waals surface area contributed by atoms with Crippen molar-refractivity contribution >= 4 is 16.8 Å². The quantitative estimate of drug-likeness (QED) is 0.851. The van der Waals surface area contributed by atoms with Crippen LogP contribution in [0.2, 0.25) is 0 Å². The summed E-state index contributed by atoms with van der Waals surface area (Å²) >= 11 is 0. The largest absolute Gasteiger partial charge is 0.338 e. The highest BCUT2D eigenvalue weighted by Crippen LogP contribution is 2.27. The zero-order chi connectivity index (χ0) is 16.6. The number of rotatable bonds is 5. The van der Waals surface area contributed by atoms with Crippen molar-refractivity contribution in [3.63, 3.8) is 0 Å². The maximum Gasteiger partial charge on any atom is 0.261 e. The molecule has 1 aliphatic carbocycles. The number of aromatic nitrogens is 2. The van der Waals surface area contributed by atoms with Crippen molar-refractivity contribution in [2.24, 2.45) is 5.92 Å². The topological polar surface area (TPSA) is 55.2 Å². The van der Waals surface area contributed by atoms with Crippen LogP contribution in [-0.4, -0.2) is 32.9 Å². The molecule has 2 aromatic rings. The number of nitrogens with zero attached hydrogens (tertiary/aromatic N) is 3. The van der Waals surface area contributed by atoms with Crippen molar-refractivity contribution in [3.05, 3.63) is 40.4 Å². The third-order valence-corrected chi connectivity index (χ3v) is 4.23. The molecule has 0 saturated heterocycles. The smallest absolute Gasteiger partial charge is 0.261 e. The van der Waals surface area contributed by atoms with Crippen molar-refractivity contribution in [3.8, 4) is 0 Å². The Morgan fingerprint density at radius 3 is 2.78 bits per heavy atom. The molecule has 23 heavy (non-hydrogen) atoms. The van der Waals surface area contributed by atoms with Gasteiger partial charge in [0.2, 0.25) is 5.91 Å². The zero-order valence-electron chi connectivity index (χ0n) is 14.0. The van der Waals surface area contributed by atoms with Crippen LogP contribution in [0.15, 0.2) is 29.3 Å². The van der Waals surface area contributed by atoms with Gasteiger partial charge in [0.05, 0.1) is 17.2 Å². The molecule has 3 rings (SSSR count). The molecule has 0 N–H and O–H groups in total. The lowest BCUT2D eigenvalue weighted by molar-refractivity contribution is -0.133. The van der Waals surface area contributed by atoms with Gasteiger partial charge in [-0.1, -0.05) is 26.0 Å². The van der Waals surface area contributed by atoms with Crippen LogP contribution in [-0.2, 0) is 11.3 Å². The fourth-order valence-corrected chi connectivity index (χ4v) is 2.92. The van der Waals surface area contributed by atoms with Gasteiger partial charge >= 0.3 is 0 Å². The van der Waals surface area contributed by atoms with Crippen molar-refractivity contribution in [1.82, 2.24) is 14.5 Å². The molecule has 0 spiro atoms. The molecule has 0 unspecified atom stereocenters. The highest BCUT2D eigenvalue weighted by molar-refractivity contribution is 5.81. The third kappa shape index (κ3) is 3.28. The van der Waals surface area contributed by atoms with Gasteiger partial charge in [0, 0.05) is 12.6 Å². The van der Waals surface area contributed by atoms with E-state index in [0.717, 1.165) is 24.9 Å². The summed E-state index contributed by atoms with van der Waals surface area (Å²) in [4.78, 5) is 31.5. The van der Waals surface area contributed by atoms with E-state index in [4.69, 9.17) is 0 Å². The predicted octanol–water partition coefficient (Wildman–Crippen LogP) is 2.35. The average Bonchev–Trinajstić information content (AvgIpc) is 3.32. The number of benzene rings is 1. The Balaban J connectivity index is 1.87. The molecule has 1 aromatic carbocycles. The van der Waals surface area contributed by atoms with Gasteiger partial charge in [-0.3, -0.25) is 14.2 Å². The van der Waals surface area contributed by atoms with Gasteiger partial charge in [-0.2, -0.15) is 0 Å². The van der Waals surface area contributed by atoms with Crippen molar-refractivity contribution in [2.45, 2.75) is 46.2 Å². The second-order valence-corrected chi connectivity index (χ2v) is 6.82. The summed E-state index contributed by atoms with van der Waals surface area (Å²) in [6.07, 6.45) is 3.64. The van der Waals surface area contributed by atoms with Crippen LogP contribution < -0.4 is 5.56 Å². The molecule has 0 bridgehead atoms. The summed E-state index contributed by atoms with van der Waals surface area (Å²) in [6.45, 7) is 6.96. The molecule has 122 valence electrons. The molecule has 0 atom stereocenters. The van der Waals surface area contributed by atoms with Crippen molar-refractivity contribution < 1.29 is 4.79 Å². The predicted molar refractivity (Wildman–Crippen MR) is 90.3 cm³/mol. The summed E-state index contributed by atoms with van der Waals surface area (Å²) < 4.78 is 1.43. The van der Waals surface area contributed by atoms with Crippen molar-refractivity contribution in [1.29, 1.82) is 0 Å². The average molecular weight is 313 g/mol. The molecule has 0 aliphatic heterocycles. The maximum absolute atomic E-state index is 12.6. The number of aryl methyl sites for hydroxylation is 1. The van der Waals surface area contributed by atoms with E-state index in [1.165, 1.54) is 10.9 Å². The first kappa shape index (κ1) is 15.7. The molecule has 0 radical (unpaired) electrons. The maximum atomic E-state index is 12.6. The SMILES string of the molecule is Cc1cccc2c(=O)n(CC(=O)N(CC(C)C)C3CC3)cnc12. The van der Waals surface area contributed by atoms with Gasteiger partial charge in [-0.15, -0.1) is 0 Å². The van der Waals surface area contributed by atoms with Crippen LogP contribution in [0.25, 0.3) is 10.9 Å². The van der Waals surface area contributed by atoms with Gasteiger partial charge < -0.3 is 4.90 Å². The lowest BCUT2D eigenvalue weighted by atomic mass is 10.1. The molecule has 1 aliphatic rings. The molecular weight excluding hydrogens is 290 g/mol. The number of carbonyl (C=O) groups excluding carboxylic acids is 1. The standard InChI is InChI=1S/C18H23N3O2/c1-12(2)9-21(14-7-8-14)16(22)10-20-11-19-17-13(3)5-4-6-15(17)18(20)23/h4-6,11-12,14H,7-10H2,1-3H3. The fourth-order valence-electron chi connectivity index (χ4n) is 2.92. The first-order valence-electron chi connectivity index (χ1n) is 8.21. The fraction of sp³-hybridized carbons (Fsp3) is 0.500. The molecule has 1 aromatic heterocycles. The molecule has 5 heteroatoms. The number of amides is 1. The van der Waals surface area contributed by atoms with Gasteiger partial charge in [0.25, 0.3) is 5.56 Å². The second-order valence-electron chi connectivity index (χ2n) is 6.82. The van der Waals surface area contributed by atoms with E-state index in [1.54, 1.807) is 6.07 Å². The van der Waals surface area contributed by atoms with Crippen molar-refractivity contribution in [2.75, 3.05) is 6.54 Å². The van der Waals surface area contributed by atoms with E-state index in [-0.39, 0.29) is 18.0 Å². The minimum atomic E-state index is -0.146. The van der Waals surface area contributed by atoms with Crippen LogP contribution in [0, 0.1) is 12.8 Å². The van der Waals surface area contributed by atoms with Gasteiger partial charge in [0.15, 0.2) is 0 Å². The highest BCUT2D eigenvalue weighted by Gasteiger charge is 2.32. The van der Waals surface area contributed by atoms with Crippen LogP contribution >= 0.6 is 0 Å². The Bertz CT molecular complexity index is 790. The Hall–Kier alpha value is -2.17. The van der Waals surface area contributed by atoms with Gasteiger partial charge in [-0.05, 0) is 37.3 Å². The Labute approximate surface area is 135 Å². The van der Waals surface area contributed by atoms with Crippen LogP contribution in [0.5, 0.6) is 0 Å². The lowest BCUT2D eigenvalue weighted by Gasteiger charge is -2.24. The monoisotopic (exact) mass is 313 g/mol. The number of hydrogen-bond acceptors (Lipinski definition) is 3.